The van der Waals surface area contributed by atoms with Gasteiger partial charge in [-0.15, -0.1) is 0 Å². The number of fused-ring (bicyclic) bond motifs is 1. The van der Waals surface area contributed by atoms with Crippen LogP contribution < -0.4 is 5.32 Å². The molecule has 0 spiro atoms. The molecule has 1 N–H and O–H groups in total. The van der Waals surface area contributed by atoms with Gasteiger partial charge in [0.2, 0.25) is 0 Å². The molecule has 0 aliphatic carbocycles. The summed E-state index contributed by atoms with van der Waals surface area (Å²) in [4.78, 5) is 16.6. The fourth-order valence-corrected chi connectivity index (χ4v) is 2.14. The van der Waals surface area contributed by atoms with Crippen molar-refractivity contribution in [3.63, 3.8) is 0 Å². The van der Waals surface area contributed by atoms with E-state index in [1.54, 1.807) is 25.1 Å². The van der Waals surface area contributed by atoms with Crippen molar-refractivity contribution in [1.82, 2.24) is 4.98 Å². The average molecular weight is 266 g/mol. The van der Waals surface area contributed by atoms with E-state index in [1.165, 1.54) is 0 Å². The fraction of sp³-hybridized carbons (Fsp3) is 0.125. The summed E-state index contributed by atoms with van der Waals surface area (Å²) in [5, 5.41) is 3.03. The van der Waals surface area contributed by atoms with E-state index >= 15 is 0 Å². The molecule has 0 aliphatic rings. The molecule has 3 rings (SSSR count). The number of nitrogens with zero attached hydrogens (tertiary/aromatic N) is 1. The molecule has 100 valence electrons. The van der Waals surface area contributed by atoms with Crippen LogP contribution in [-0.2, 0) is 0 Å². The molecular weight excluding hydrogens is 252 g/mol. The van der Waals surface area contributed by atoms with Crippen molar-refractivity contribution in [2.45, 2.75) is 6.92 Å². The van der Waals surface area contributed by atoms with Crippen LogP contribution in [0.1, 0.15) is 21.8 Å². The van der Waals surface area contributed by atoms with E-state index in [-0.39, 0.29) is 5.78 Å². The predicted molar refractivity (Wildman–Crippen MR) is 78.2 cm³/mol. The Morgan fingerprint density at radius 2 is 1.80 bits per heavy atom. The predicted octanol–water partition coefficient (Wildman–Crippen LogP) is 3.41. The normalized spacial score (nSPS) is 10.7. The van der Waals surface area contributed by atoms with Crippen molar-refractivity contribution < 1.29 is 9.21 Å². The number of nitrogens with one attached hydrogen (secondary N) is 1. The van der Waals surface area contributed by atoms with E-state index in [4.69, 9.17) is 4.42 Å². The SMILES string of the molecule is CNc1ccc(C(=O)c2ccc3nc(C)oc3c2)cc1. The van der Waals surface area contributed by atoms with E-state index in [9.17, 15) is 4.79 Å². The van der Waals surface area contributed by atoms with Crippen molar-refractivity contribution in [3.05, 3.63) is 59.5 Å². The summed E-state index contributed by atoms with van der Waals surface area (Å²) in [5.41, 5.74) is 3.64. The van der Waals surface area contributed by atoms with Gasteiger partial charge in [0.05, 0.1) is 0 Å². The lowest BCUT2D eigenvalue weighted by Crippen LogP contribution is -2.01. The second kappa shape index (κ2) is 4.81. The molecule has 0 fully saturated rings. The molecule has 1 aromatic heterocycles. The molecular formula is C16H14N2O2. The van der Waals surface area contributed by atoms with Crippen LogP contribution in [0.2, 0.25) is 0 Å². The van der Waals surface area contributed by atoms with Gasteiger partial charge in [0.15, 0.2) is 17.3 Å². The number of oxazole rings is 1. The number of hydrogen-bond donors (Lipinski definition) is 1. The zero-order chi connectivity index (χ0) is 14.1. The molecule has 0 bridgehead atoms. The number of hydrogen-bond acceptors (Lipinski definition) is 4. The summed E-state index contributed by atoms with van der Waals surface area (Å²) >= 11 is 0. The second-order valence-corrected chi connectivity index (χ2v) is 4.57. The number of ketones is 1. The number of rotatable bonds is 3. The lowest BCUT2D eigenvalue weighted by molar-refractivity contribution is 0.103. The number of carbonyl (C=O) groups excluding carboxylic acids is 1. The summed E-state index contributed by atoms with van der Waals surface area (Å²) in [7, 11) is 1.84. The highest BCUT2D eigenvalue weighted by Gasteiger charge is 2.11. The molecule has 0 saturated heterocycles. The third-order valence-corrected chi connectivity index (χ3v) is 3.19. The first-order valence-corrected chi connectivity index (χ1v) is 6.37. The van der Waals surface area contributed by atoms with Crippen LogP contribution in [0.15, 0.2) is 46.9 Å². The van der Waals surface area contributed by atoms with Crippen molar-refractivity contribution in [2.24, 2.45) is 0 Å². The molecule has 1 heterocycles. The zero-order valence-electron chi connectivity index (χ0n) is 11.3. The molecule has 0 saturated carbocycles. The standard InChI is InChI=1S/C16H14N2O2/c1-10-18-14-8-5-12(9-15(14)20-10)16(19)11-3-6-13(17-2)7-4-11/h3-9,17H,1-2H3. The summed E-state index contributed by atoms with van der Waals surface area (Å²) in [6, 6.07) is 12.7. The maximum absolute atomic E-state index is 12.4. The van der Waals surface area contributed by atoms with Gasteiger partial charge in [0.25, 0.3) is 0 Å². The van der Waals surface area contributed by atoms with E-state index in [0.29, 0.717) is 22.6 Å². The van der Waals surface area contributed by atoms with Gasteiger partial charge >= 0.3 is 0 Å². The largest absolute Gasteiger partial charge is 0.441 e. The molecule has 0 radical (unpaired) electrons. The molecule has 0 unspecified atom stereocenters. The average Bonchev–Trinajstić information content (AvgIpc) is 2.85. The maximum atomic E-state index is 12.4. The Morgan fingerprint density at radius 3 is 2.50 bits per heavy atom. The number of carbonyl (C=O) groups is 1. The molecule has 0 atom stereocenters. The van der Waals surface area contributed by atoms with Gasteiger partial charge in [-0.05, 0) is 42.5 Å². The van der Waals surface area contributed by atoms with Crippen LogP contribution in [0.3, 0.4) is 0 Å². The first-order valence-electron chi connectivity index (χ1n) is 6.37. The first kappa shape index (κ1) is 12.4. The Morgan fingerprint density at radius 1 is 1.10 bits per heavy atom. The molecule has 20 heavy (non-hydrogen) atoms. The molecule has 2 aromatic carbocycles. The summed E-state index contributed by atoms with van der Waals surface area (Å²) in [5.74, 6) is 0.576. The Kier molecular flexibility index (Phi) is 2.99. The van der Waals surface area contributed by atoms with Gasteiger partial charge in [0, 0.05) is 30.8 Å². The third kappa shape index (κ3) is 2.16. The highest BCUT2D eigenvalue weighted by molar-refractivity contribution is 6.10. The molecule has 0 aliphatic heterocycles. The third-order valence-electron chi connectivity index (χ3n) is 3.19. The molecule has 4 nitrogen and oxygen atoms in total. The van der Waals surface area contributed by atoms with Crippen molar-refractivity contribution in [1.29, 1.82) is 0 Å². The fourth-order valence-electron chi connectivity index (χ4n) is 2.14. The lowest BCUT2D eigenvalue weighted by atomic mass is 10.0. The van der Waals surface area contributed by atoms with Gasteiger partial charge in [-0.3, -0.25) is 4.79 Å². The lowest BCUT2D eigenvalue weighted by Gasteiger charge is -2.03. The Labute approximate surface area is 116 Å². The van der Waals surface area contributed by atoms with Crippen LogP contribution in [0.4, 0.5) is 5.69 Å². The number of benzene rings is 2. The first-order chi connectivity index (χ1) is 9.67. The smallest absolute Gasteiger partial charge is 0.193 e. The van der Waals surface area contributed by atoms with E-state index in [2.05, 4.69) is 10.3 Å². The van der Waals surface area contributed by atoms with Crippen molar-refractivity contribution in [3.8, 4) is 0 Å². The number of anilines is 1. The molecule has 4 heteroatoms. The van der Waals surface area contributed by atoms with Gasteiger partial charge in [-0.2, -0.15) is 0 Å². The Bertz CT molecular complexity index is 773. The van der Waals surface area contributed by atoms with E-state index in [0.717, 1.165) is 11.2 Å². The van der Waals surface area contributed by atoms with Crippen LogP contribution >= 0.6 is 0 Å². The highest BCUT2D eigenvalue weighted by Crippen LogP contribution is 2.19. The monoisotopic (exact) mass is 266 g/mol. The van der Waals surface area contributed by atoms with Gasteiger partial charge in [-0.25, -0.2) is 4.98 Å². The van der Waals surface area contributed by atoms with Crippen LogP contribution in [0, 0.1) is 6.92 Å². The van der Waals surface area contributed by atoms with Crippen molar-refractivity contribution in [2.75, 3.05) is 12.4 Å². The van der Waals surface area contributed by atoms with Gasteiger partial charge in [0.1, 0.15) is 5.52 Å². The quantitative estimate of drug-likeness (QED) is 0.738. The van der Waals surface area contributed by atoms with Crippen LogP contribution in [0.5, 0.6) is 0 Å². The molecule has 3 aromatic rings. The van der Waals surface area contributed by atoms with E-state index in [1.807, 2.05) is 31.3 Å². The zero-order valence-corrected chi connectivity index (χ0v) is 11.3. The van der Waals surface area contributed by atoms with Gasteiger partial charge < -0.3 is 9.73 Å². The Hall–Kier alpha value is -2.62. The summed E-state index contributed by atoms with van der Waals surface area (Å²) < 4.78 is 5.46. The summed E-state index contributed by atoms with van der Waals surface area (Å²) in [6.45, 7) is 1.79. The molecule has 0 amide bonds. The minimum Gasteiger partial charge on any atom is -0.441 e. The maximum Gasteiger partial charge on any atom is 0.193 e. The highest BCUT2D eigenvalue weighted by atomic mass is 16.3. The van der Waals surface area contributed by atoms with Gasteiger partial charge in [-0.1, -0.05) is 0 Å². The van der Waals surface area contributed by atoms with Crippen LogP contribution in [-0.4, -0.2) is 17.8 Å². The number of aromatic nitrogens is 1. The van der Waals surface area contributed by atoms with E-state index < -0.39 is 0 Å². The Balaban J connectivity index is 1.98. The minimum absolute atomic E-state index is 0.0244. The summed E-state index contributed by atoms with van der Waals surface area (Å²) in [6.07, 6.45) is 0. The minimum atomic E-state index is -0.0244. The van der Waals surface area contributed by atoms with Crippen molar-refractivity contribution >= 4 is 22.6 Å². The topological polar surface area (TPSA) is 55.1 Å². The van der Waals surface area contributed by atoms with Crippen LogP contribution in [0.25, 0.3) is 11.1 Å². The number of aryl methyl sites for hydroxylation is 1. The second-order valence-electron chi connectivity index (χ2n) is 4.57.